The van der Waals surface area contributed by atoms with E-state index in [1.165, 1.54) is 11.1 Å². The lowest BCUT2D eigenvalue weighted by atomic mass is 10.0. The molecular weight excluding hydrogens is 278 g/mol. The van der Waals surface area contributed by atoms with E-state index in [9.17, 15) is 9.59 Å². The molecule has 5 heteroatoms. The Balaban J connectivity index is 2.39. The maximum absolute atomic E-state index is 11.8. The highest BCUT2D eigenvalue weighted by atomic mass is 16.2. The summed E-state index contributed by atoms with van der Waals surface area (Å²) in [6, 6.07) is 6.00. The second-order valence-electron chi connectivity index (χ2n) is 6.02. The molecule has 1 aromatic carbocycles. The van der Waals surface area contributed by atoms with Gasteiger partial charge in [-0.2, -0.15) is 0 Å². The molecule has 3 N–H and O–H groups in total. The van der Waals surface area contributed by atoms with E-state index in [0.717, 1.165) is 5.56 Å². The van der Waals surface area contributed by atoms with Gasteiger partial charge in [-0.15, -0.1) is 0 Å². The van der Waals surface area contributed by atoms with Crippen LogP contribution in [-0.2, 0) is 4.79 Å². The van der Waals surface area contributed by atoms with Crippen LogP contribution in [0.2, 0.25) is 0 Å². The summed E-state index contributed by atoms with van der Waals surface area (Å²) in [5, 5.41) is 8.37. The van der Waals surface area contributed by atoms with Crippen molar-refractivity contribution in [2.75, 3.05) is 6.54 Å². The zero-order valence-corrected chi connectivity index (χ0v) is 14.1. The number of aryl methyl sites for hydroxylation is 2. The summed E-state index contributed by atoms with van der Waals surface area (Å²) in [6.45, 7) is 10.2. The molecule has 0 aliphatic heterocycles. The van der Waals surface area contributed by atoms with Crippen molar-refractivity contribution in [3.63, 3.8) is 0 Å². The van der Waals surface area contributed by atoms with Crippen LogP contribution < -0.4 is 16.0 Å². The van der Waals surface area contributed by atoms with Gasteiger partial charge in [0.05, 0.1) is 6.04 Å². The molecule has 1 atom stereocenters. The van der Waals surface area contributed by atoms with Crippen molar-refractivity contribution in [2.45, 2.75) is 53.1 Å². The fourth-order valence-corrected chi connectivity index (χ4v) is 2.27. The molecule has 0 fully saturated rings. The molecule has 0 radical (unpaired) electrons. The molecule has 5 nitrogen and oxygen atoms in total. The van der Waals surface area contributed by atoms with Crippen molar-refractivity contribution < 1.29 is 9.59 Å². The highest BCUT2D eigenvalue weighted by Gasteiger charge is 2.10. The van der Waals surface area contributed by atoms with E-state index < -0.39 is 0 Å². The largest absolute Gasteiger partial charge is 0.354 e. The topological polar surface area (TPSA) is 70.2 Å². The summed E-state index contributed by atoms with van der Waals surface area (Å²) in [6.07, 6.45) is 0.281. The molecule has 0 aliphatic rings. The predicted octanol–water partition coefficient (Wildman–Crippen LogP) is 2.58. The van der Waals surface area contributed by atoms with Gasteiger partial charge in [-0.25, -0.2) is 4.79 Å². The molecule has 1 aromatic rings. The van der Waals surface area contributed by atoms with Crippen LogP contribution in [0.4, 0.5) is 4.79 Å². The van der Waals surface area contributed by atoms with Crippen LogP contribution >= 0.6 is 0 Å². The molecule has 3 amide bonds. The van der Waals surface area contributed by atoms with Gasteiger partial charge in [0, 0.05) is 19.0 Å². The second-order valence-corrected chi connectivity index (χ2v) is 6.02. The van der Waals surface area contributed by atoms with E-state index in [4.69, 9.17) is 0 Å². The van der Waals surface area contributed by atoms with Gasteiger partial charge in [-0.05, 0) is 40.2 Å². The Morgan fingerprint density at radius 3 is 2.14 bits per heavy atom. The first-order valence-electron chi connectivity index (χ1n) is 7.70. The van der Waals surface area contributed by atoms with E-state index in [0.29, 0.717) is 6.54 Å². The second kappa shape index (κ2) is 8.41. The number of hydrogen-bond acceptors (Lipinski definition) is 2. The molecule has 122 valence electrons. The Bertz CT molecular complexity index is 506. The standard InChI is InChI=1S/C17H27N3O2/c1-11(2)19-16(21)6-7-18-17(22)20-14(5)15-9-12(3)8-13(4)10-15/h8-11,14H,6-7H2,1-5H3,(H,19,21)(H2,18,20,22). The van der Waals surface area contributed by atoms with Gasteiger partial charge < -0.3 is 16.0 Å². The SMILES string of the molecule is Cc1cc(C)cc(C(C)NC(=O)NCCC(=O)NC(C)C)c1. The van der Waals surface area contributed by atoms with Crippen LogP contribution in [0.15, 0.2) is 18.2 Å². The molecule has 0 heterocycles. The van der Waals surface area contributed by atoms with Crippen LogP contribution in [0.1, 0.15) is 49.9 Å². The van der Waals surface area contributed by atoms with Crippen LogP contribution in [0.5, 0.6) is 0 Å². The number of carbonyl (C=O) groups is 2. The summed E-state index contributed by atoms with van der Waals surface area (Å²) < 4.78 is 0. The quantitative estimate of drug-likeness (QED) is 0.756. The first-order valence-corrected chi connectivity index (χ1v) is 7.70. The van der Waals surface area contributed by atoms with E-state index in [1.807, 2.05) is 34.6 Å². The van der Waals surface area contributed by atoms with Crippen molar-refractivity contribution >= 4 is 11.9 Å². The number of amides is 3. The van der Waals surface area contributed by atoms with Crippen LogP contribution in [-0.4, -0.2) is 24.5 Å². The van der Waals surface area contributed by atoms with E-state index in [2.05, 4.69) is 34.1 Å². The lowest BCUT2D eigenvalue weighted by Crippen LogP contribution is -2.39. The molecule has 0 saturated heterocycles. The summed E-state index contributed by atoms with van der Waals surface area (Å²) in [7, 11) is 0. The van der Waals surface area contributed by atoms with Crippen LogP contribution in [0, 0.1) is 13.8 Å². The van der Waals surface area contributed by atoms with Gasteiger partial charge in [0.15, 0.2) is 0 Å². The highest BCUT2D eigenvalue weighted by molar-refractivity contribution is 5.78. The van der Waals surface area contributed by atoms with Crippen LogP contribution in [0.25, 0.3) is 0 Å². The first kappa shape index (κ1) is 18.0. The minimum atomic E-state index is -0.260. The predicted molar refractivity (Wildman–Crippen MR) is 88.8 cm³/mol. The Morgan fingerprint density at radius 2 is 1.59 bits per heavy atom. The summed E-state index contributed by atoms with van der Waals surface area (Å²) in [5.74, 6) is -0.0577. The lowest BCUT2D eigenvalue weighted by Gasteiger charge is -2.16. The number of hydrogen-bond donors (Lipinski definition) is 3. The van der Waals surface area contributed by atoms with Gasteiger partial charge in [0.2, 0.25) is 5.91 Å². The average Bonchev–Trinajstić information content (AvgIpc) is 2.36. The maximum atomic E-state index is 11.8. The van der Waals surface area contributed by atoms with Crippen LogP contribution in [0.3, 0.4) is 0 Å². The average molecular weight is 305 g/mol. The zero-order valence-electron chi connectivity index (χ0n) is 14.1. The minimum absolute atomic E-state index is 0.0577. The number of benzene rings is 1. The third kappa shape index (κ3) is 6.61. The van der Waals surface area contributed by atoms with E-state index in [-0.39, 0.29) is 30.4 Å². The Morgan fingerprint density at radius 1 is 1.00 bits per heavy atom. The van der Waals surface area contributed by atoms with Crippen molar-refractivity contribution in [3.05, 3.63) is 34.9 Å². The molecular formula is C17H27N3O2. The third-order valence-electron chi connectivity index (χ3n) is 3.18. The molecule has 0 aromatic heterocycles. The summed E-state index contributed by atoms with van der Waals surface area (Å²) >= 11 is 0. The monoisotopic (exact) mass is 305 g/mol. The molecule has 1 rings (SSSR count). The number of carbonyl (C=O) groups excluding carboxylic acids is 2. The van der Waals surface area contributed by atoms with Gasteiger partial charge >= 0.3 is 6.03 Å². The number of rotatable bonds is 6. The van der Waals surface area contributed by atoms with Crippen molar-refractivity contribution in [1.82, 2.24) is 16.0 Å². The highest BCUT2D eigenvalue weighted by Crippen LogP contribution is 2.16. The normalized spacial score (nSPS) is 11.9. The van der Waals surface area contributed by atoms with Gasteiger partial charge in [0.25, 0.3) is 0 Å². The van der Waals surface area contributed by atoms with E-state index >= 15 is 0 Å². The molecule has 1 unspecified atom stereocenters. The maximum Gasteiger partial charge on any atom is 0.315 e. The molecule has 0 bridgehead atoms. The lowest BCUT2D eigenvalue weighted by molar-refractivity contribution is -0.121. The zero-order chi connectivity index (χ0) is 16.7. The Labute approximate surface area is 132 Å². The van der Waals surface area contributed by atoms with Crippen molar-refractivity contribution in [1.29, 1.82) is 0 Å². The molecule has 22 heavy (non-hydrogen) atoms. The Kier molecular flexibility index (Phi) is 6.89. The fraction of sp³-hybridized carbons (Fsp3) is 0.529. The van der Waals surface area contributed by atoms with Crippen molar-refractivity contribution in [3.8, 4) is 0 Å². The van der Waals surface area contributed by atoms with Gasteiger partial charge in [-0.1, -0.05) is 29.3 Å². The minimum Gasteiger partial charge on any atom is -0.354 e. The number of urea groups is 1. The number of nitrogens with one attached hydrogen (secondary N) is 3. The first-order chi connectivity index (χ1) is 10.3. The van der Waals surface area contributed by atoms with Crippen molar-refractivity contribution in [2.24, 2.45) is 0 Å². The molecule has 0 saturated carbocycles. The van der Waals surface area contributed by atoms with Gasteiger partial charge in [0.1, 0.15) is 0 Å². The molecule has 0 spiro atoms. The Hall–Kier alpha value is -2.04. The fourth-order valence-electron chi connectivity index (χ4n) is 2.27. The smallest absolute Gasteiger partial charge is 0.315 e. The summed E-state index contributed by atoms with van der Waals surface area (Å²) in [4.78, 5) is 23.3. The molecule has 0 aliphatic carbocycles. The van der Waals surface area contributed by atoms with Gasteiger partial charge in [-0.3, -0.25) is 4.79 Å². The summed E-state index contributed by atoms with van der Waals surface area (Å²) in [5.41, 5.74) is 3.43. The van der Waals surface area contributed by atoms with E-state index in [1.54, 1.807) is 0 Å². The third-order valence-corrected chi connectivity index (χ3v) is 3.18.